The summed E-state index contributed by atoms with van der Waals surface area (Å²) in [6.07, 6.45) is 2.01. The third-order valence-electron chi connectivity index (χ3n) is 5.09. The average molecular weight is 370 g/mol. The van der Waals surface area contributed by atoms with Gasteiger partial charge in [-0.05, 0) is 37.7 Å². The highest BCUT2D eigenvalue weighted by Gasteiger charge is 2.61. The third kappa shape index (κ3) is 3.65. The molecule has 0 N–H and O–H groups in total. The maximum atomic E-state index is 14.3. The van der Waals surface area contributed by atoms with Gasteiger partial charge in [0.1, 0.15) is 12.4 Å². The molecular formula is C20H25F3O3. The first-order valence-corrected chi connectivity index (χ1v) is 8.49. The summed E-state index contributed by atoms with van der Waals surface area (Å²) in [5.74, 6) is -4.19. The standard InChI is InChI=1S/C20H25F3O3/c1-10(2)7-14-15(20(14,4)5)19(24)26-9-12-11(3)16(21)13(8-25-6)18(23)17(12)22/h7,14-15H,8-9H2,1-6H3/t14-,15+/m1/s1. The van der Waals surface area contributed by atoms with E-state index in [1.165, 1.54) is 14.0 Å². The van der Waals surface area contributed by atoms with E-state index in [2.05, 4.69) is 0 Å². The van der Waals surface area contributed by atoms with Gasteiger partial charge < -0.3 is 9.47 Å². The molecule has 2 atom stereocenters. The zero-order valence-corrected chi connectivity index (χ0v) is 16.0. The summed E-state index contributed by atoms with van der Waals surface area (Å²) in [5.41, 5.74) is 0.00793. The highest BCUT2D eigenvalue weighted by Crippen LogP contribution is 2.59. The number of carbonyl (C=O) groups excluding carboxylic acids is 1. The van der Waals surface area contributed by atoms with Crippen molar-refractivity contribution in [3.8, 4) is 0 Å². The molecule has 0 aromatic heterocycles. The van der Waals surface area contributed by atoms with Crippen LogP contribution >= 0.6 is 0 Å². The number of methoxy groups -OCH3 is 1. The Kier molecular flexibility index (Phi) is 5.85. The summed E-state index contributed by atoms with van der Waals surface area (Å²) >= 11 is 0. The molecule has 1 aliphatic rings. The van der Waals surface area contributed by atoms with Gasteiger partial charge in [0, 0.05) is 12.7 Å². The topological polar surface area (TPSA) is 35.5 Å². The summed E-state index contributed by atoms with van der Waals surface area (Å²) in [4.78, 5) is 12.4. The lowest BCUT2D eigenvalue weighted by molar-refractivity contribution is -0.147. The molecule has 0 spiro atoms. The van der Waals surface area contributed by atoms with Gasteiger partial charge in [-0.3, -0.25) is 4.79 Å². The van der Waals surface area contributed by atoms with Gasteiger partial charge in [-0.2, -0.15) is 0 Å². The lowest BCUT2D eigenvalue weighted by Crippen LogP contribution is -2.14. The molecule has 0 heterocycles. The maximum absolute atomic E-state index is 14.3. The molecule has 0 aliphatic heterocycles. The van der Waals surface area contributed by atoms with Crippen LogP contribution in [0.2, 0.25) is 0 Å². The number of halogens is 3. The molecular weight excluding hydrogens is 345 g/mol. The zero-order chi connectivity index (χ0) is 19.8. The summed E-state index contributed by atoms with van der Waals surface area (Å²) in [6, 6.07) is 0. The van der Waals surface area contributed by atoms with Crippen molar-refractivity contribution in [1.82, 2.24) is 0 Å². The van der Waals surface area contributed by atoms with Crippen LogP contribution in [0.1, 0.15) is 44.4 Å². The number of carbonyl (C=O) groups is 1. The summed E-state index contributed by atoms with van der Waals surface area (Å²) in [6.45, 7) is 8.24. The molecule has 0 saturated heterocycles. The van der Waals surface area contributed by atoms with E-state index in [0.717, 1.165) is 5.57 Å². The first-order chi connectivity index (χ1) is 12.0. The zero-order valence-electron chi connectivity index (χ0n) is 16.0. The van der Waals surface area contributed by atoms with E-state index >= 15 is 0 Å². The Morgan fingerprint density at radius 2 is 1.65 bits per heavy atom. The number of hydrogen-bond donors (Lipinski definition) is 0. The van der Waals surface area contributed by atoms with Gasteiger partial charge in [0.15, 0.2) is 11.6 Å². The van der Waals surface area contributed by atoms with E-state index in [1.54, 1.807) is 0 Å². The van der Waals surface area contributed by atoms with Crippen LogP contribution in [0.3, 0.4) is 0 Å². The van der Waals surface area contributed by atoms with Crippen molar-refractivity contribution >= 4 is 5.97 Å². The Morgan fingerprint density at radius 3 is 2.19 bits per heavy atom. The number of allylic oxidation sites excluding steroid dienone is 2. The smallest absolute Gasteiger partial charge is 0.310 e. The fourth-order valence-corrected chi connectivity index (χ4v) is 3.36. The molecule has 1 fully saturated rings. The van der Waals surface area contributed by atoms with Gasteiger partial charge in [-0.1, -0.05) is 25.5 Å². The molecule has 1 aromatic rings. The van der Waals surface area contributed by atoms with Crippen molar-refractivity contribution < 1.29 is 27.4 Å². The second-order valence-corrected chi connectivity index (χ2v) is 7.63. The first-order valence-electron chi connectivity index (χ1n) is 8.49. The Balaban J connectivity index is 2.18. The van der Waals surface area contributed by atoms with Crippen molar-refractivity contribution in [1.29, 1.82) is 0 Å². The maximum Gasteiger partial charge on any atom is 0.310 e. The summed E-state index contributed by atoms with van der Waals surface area (Å²) < 4.78 is 52.6. The van der Waals surface area contributed by atoms with Crippen molar-refractivity contribution in [2.45, 2.75) is 47.8 Å². The molecule has 3 nitrogen and oxygen atoms in total. The van der Waals surface area contributed by atoms with Crippen LogP contribution in [0, 0.1) is 41.6 Å². The molecule has 0 radical (unpaired) electrons. The fourth-order valence-electron chi connectivity index (χ4n) is 3.36. The lowest BCUT2D eigenvalue weighted by atomic mass is 10.0. The molecule has 0 bridgehead atoms. The molecule has 1 aliphatic carbocycles. The van der Waals surface area contributed by atoms with E-state index in [1.807, 2.05) is 33.8 Å². The lowest BCUT2D eigenvalue weighted by Gasteiger charge is -2.14. The minimum absolute atomic E-state index is 0.0449. The van der Waals surface area contributed by atoms with E-state index in [9.17, 15) is 18.0 Å². The SMILES string of the molecule is COCc1c(F)c(C)c(COC(=O)[C@@H]2[C@@H](C=C(C)C)C2(C)C)c(F)c1F. The van der Waals surface area contributed by atoms with Crippen LogP contribution in [0.5, 0.6) is 0 Å². The Morgan fingerprint density at radius 1 is 1.08 bits per heavy atom. The monoisotopic (exact) mass is 370 g/mol. The van der Waals surface area contributed by atoms with Crippen molar-refractivity contribution in [2.75, 3.05) is 7.11 Å². The van der Waals surface area contributed by atoms with E-state index < -0.39 is 35.6 Å². The molecule has 1 saturated carbocycles. The highest BCUT2D eigenvalue weighted by atomic mass is 19.2. The fraction of sp³-hybridized carbons (Fsp3) is 0.550. The summed E-state index contributed by atoms with van der Waals surface area (Å²) in [5, 5.41) is 0. The Bertz CT molecular complexity index is 720. The number of ether oxygens (including phenoxy) is 2. The van der Waals surface area contributed by atoms with E-state index in [-0.39, 0.29) is 35.0 Å². The molecule has 6 heteroatoms. The van der Waals surface area contributed by atoms with Crippen LogP contribution in [0.4, 0.5) is 13.2 Å². The average Bonchev–Trinajstić information content (AvgIpc) is 3.09. The summed E-state index contributed by atoms with van der Waals surface area (Å²) in [7, 11) is 1.27. The quantitative estimate of drug-likeness (QED) is 0.408. The predicted molar refractivity (Wildman–Crippen MR) is 91.8 cm³/mol. The van der Waals surface area contributed by atoms with Gasteiger partial charge in [0.25, 0.3) is 0 Å². The minimum atomic E-state index is -1.31. The van der Waals surface area contributed by atoms with E-state index in [4.69, 9.17) is 9.47 Å². The Hall–Kier alpha value is -1.82. The van der Waals surface area contributed by atoms with Gasteiger partial charge in [0.05, 0.1) is 18.1 Å². The van der Waals surface area contributed by atoms with Gasteiger partial charge in [-0.25, -0.2) is 13.2 Å². The van der Waals surface area contributed by atoms with Crippen LogP contribution in [-0.2, 0) is 27.5 Å². The van der Waals surface area contributed by atoms with Gasteiger partial charge in [-0.15, -0.1) is 0 Å². The van der Waals surface area contributed by atoms with Gasteiger partial charge >= 0.3 is 5.97 Å². The number of hydrogen-bond acceptors (Lipinski definition) is 3. The molecule has 0 amide bonds. The van der Waals surface area contributed by atoms with Crippen LogP contribution in [0.25, 0.3) is 0 Å². The third-order valence-corrected chi connectivity index (χ3v) is 5.09. The first kappa shape index (κ1) is 20.5. The number of esters is 1. The van der Waals surface area contributed by atoms with Crippen LogP contribution < -0.4 is 0 Å². The molecule has 26 heavy (non-hydrogen) atoms. The molecule has 1 aromatic carbocycles. The molecule has 0 unspecified atom stereocenters. The highest BCUT2D eigenvalue weighted by molar-refractivity contribution is 5.78. The van der Waals surface area contributed by atoms with Crippen molar-refractivity contribution in [3.63, 3.8) is 0 Å². The van der Waals surface area contributed by atoms with Gasteiger partial charge in [0.2, 0.25) is 0 Å². The van der Waals surface area contributed by atoms with Crippen molar-refractivity contribution in [2.24, 2.45) is 17.3 Å². The second-order valence-electron chi connectivity index (χ2n) is 7.63. The van der Waals surface area contributed by atoms with Crippen LogP contribution in [0.15, 0.2) is 11.6 Å². The molecule has 144 valence electrons. The van der Waals surface area contributed by atoms with Crippen molar-refractivity contribution in [3.05, 3.63) is 45.8 Å². The Labute approximate surface area is 152 Å². The second kappa shape index (κ2) is 7.43. The largest absolute Gasteiger partial charge is 0.460 e. The number of rotatable bonds is 6. The number of benzene rings is 1. The van der Waals surface area contributed by atoms with E-state index in [0.29, 0.717) is 0 Å². The minimum Gasteiger partial charge on any atom is -0.460 e. The normalized spacial score (nSPS) is 20.7. The van der Waals surface area contributed by atoms with Crippen LogP contribution in [-0.4, -0.2) is 13.1 Å². The molecule has 2 rings (SSSR count). The predicted octanol–water partition coefficient (Wildman–Crippen LogP) is 4.84.